The number of benzene rings is 2. The minimum Gasteiger partial charge on any atom is -0.497 e. The minimum absolute atomic E-state index is 0.0253. The number of hydrogen-bond acceptors (Lipinski definition) is 6. The van der Waals surface area contributed by atoms with E-state index in [4.69, 9.17) is 19.2 Å². The van der Waals surface area contributed by atoms with E-state index in [9.17, 15) is 4.79 Å². The molecule has 0 amide bonds. The lowest BCUT2D eigenvalue weighted by Crippen LogP contribution is -2.43. The van der Waals surface area contributed by atoms with Crippen LogP contribution in [0.4, 0.5) is 0 Å². The van der Waals surface area contributed by atoms with Gasteiger partial charge in [-0.2, -0.15) is 0 Å². The Labute approximate surface area is 225 Å². The van der Waals surface area contributed by atoms with E-state index in [1.807, 2.05) is 18.2 Å². The SMILES string of the molecule is COc1ccc2c(c1)CC[C@@H]1[C@H]3Cc4sc5ncn(Cc6ccc7c(c6)OCO7)c(=O)c5c4[C@]3(C)CC[C@@H]21. The van der Waals surface area contributed by atoms with E-state index in [0.717, 1.165) is 52.3 Å². The summed E-state index contributed by atoms with van der Waals surface area (Å²) in [5.74, 6) is 4.27. The van der Waals surface area contributed by atoms with Crippen LogP contribution in [0.1, 0.15) is 59.2 Å². The molecule has 2 aromatic carbocycles. The molecule has 0 spiro atoms. The van der Waals surface area contributed by atoms with Crippen molar-refractivity contribution in [1.82, 2.24) is 9.55 Å². The first-order valence-corrected chi connectivity index (χ1v) is 14.4. The molecule has 3 aliphatic carbocycles. The summed E-state index contributed by atoms with van der Waals surface area (Å²) in [5, 5.41) is 0.859. The fourth-order valence-electron chi connectivity index (χ4n) is 8.06. The van der Waals surface area contributed by atoms with E-state index in [0.29, 0.717) is 24.3 Å². The molecule has 4 aliphatic rings. The zero-order valence-electron chi connectivity index (χ0n) is 21.7. The molecule has 0 unspecified atom stereocenters. The van der Waals surface area contributed by atoms with Crippen LogP contribution in [0, 0.1) is 11.8 Å². The van der Waals surface area contributed by atoms with Crippen molar-refractivity contribution in [1.29, 1.82) is 0 Å². The number of thiophene rings is 1. The van der Waals surface area contributed by atoms with Crippen LogP contribution in [0.15, 0.2) is 47.5 Å². The average Bonchev–Trinajstić information content (AvgIpc) is 3.62. The van der Waals surface area contributed by atoms with Crippen LogP contribution in [0.3, 0.4) is 0 Å². The summed E-state index contributed by atoms with van der Waals surface area (Å²) in [5.41, 5.74) is 5.40. The fourth-order valence-corrected chi connectivity index (χ4v) is 9.39. The van der Waals surface area contributed by atoms with Gasteiger partial charge in [-0.15, -0.1) is 11.3 Å². The van der Waals surface area contributed by atoms with Gasteiger partial charge in [0.2, 0.25) is 6.79 Å². The van der Waals surface area contributed by atoms with Gasteiger partial charge < -0.3 is 14.2 Å². The number of methoxy groups -OCH3 is 1. The summed E-state index contributed by atoms with van der Waals surface area (Å²) < 4.78 is 18.3. The second-order valence-electron chi connectivity index (χ2n) is 11.6. The highest BCUT2D eigenvalue weighted by molar-refractivity contribution is 7.18. The molecule has 0 saturated heterocycles. The van der Waals surface area contributed by atoms with Crippen molar-refractivity contribution >= 4 is 21.6 Å². The Hall–Kier alpha value is -3.32. The zero-order valence-corrected chi connectivity index (χ0v) is 22.5. The van der Waals surface area contributed by atoms with Gasteiger partial charge in [-0.3, -0.25) is 9.36 Å². The van der Waals surface area contributed by atoms with Gasteiger partial charge in [-0.05, 0) is 102 Å². The first-order valence-electron chi connectivity index (χ1n) is 13.6. The van der Waals surface area contributed by atoms with Crippen LogP contribution >= 0.6 is 11.3 Å². The summed E-state index contributed by atoms with van der Waals surface area (Å²) in [4.78, 5) is 21.0. The molecule has 2 aromatic heterocycles. The highest BCUT2D eigenvalue weighted by Crippen LogP contribution is 2.62. The molecule has 8 rings (SSSR count). The largest absolute Gasteiger partial charge is 0.497 e. The molecule has 7 heteroatoms. The Morgan fingerprint density at radius 1 is 1.16 bits per heavy atom. The molecule has 194 valence electrons. The van der Waals surface area contributed by atoms with Crippen molar-refractivity contribution in [2.45, 2.75) is 56.9 Å². The average molecular weight is 527 g/mol. The molecule has 6 nitrogen and oxygen atoms in total. The summed E-state index contributed by atoms with van der Waals surface area (Å²) in [7, 11) is 1.75. The molecule has 4 aromatic rings. The van der Waals surface area contributed by atoms with Gasteiger partial charge in [-0.1, -0.05) is 19.1 Å². The molecule has 4 atom stereocenters. The van der Waals surface area contributed by atoms with Crippen molar-refractivity contribution in [3.05, 3.63) is 80.2 Å². The highest BCUT2D eigenvalue weighted by Gasteiger charge is 2.54. The lowest BCUT2D eigenvalue weighted by Gasteiger charge is -2.49. The van der Waals surface area contributed by atoms with E-state index < -0.39 is 0 Å². The first kappa shape index (κ1) is 22.6. The molecule has 1 saturated carbocycles. The molecule has 0 N–H and O–H groups in total. The summed E-state index contributed by atoms with van der Waals surface area (Å²) in [6, 6.07) is 12.6. The van der Waals surface area contributed by atoms with Crippen LogP contribution in [0.5, 0.6) is 17.2 Å². The molecule has 1 fully saturated rings. The van der Waals surface area contributed by atoms with Gasteiger partial charge in [0.15, 0.2) is 11.5 Å². The maximum absolute atomic E-state index is 14.0. The van der Waals surface area contributed by atoms with Gasteiger partial charge in [-0.25, -0.2) is 4.98 Å². The lowest BCUT2D eigenvalue weighted by molar-refractivity contribution is 0.106. The maximum atomic E-state index is 14.0. The van der Waals surface area contributed by atoms with E-state index in [-0.39, 0.29) is 17.8 Å². The third kappa shape index (κ3) is 3.11. The van der Waals surface area contributed by atoms with Gasteiger partial charge in [0.25, 0.3) is 5.56 Å². The molecule has 3 heterocycles. The predicted molar refractivity (Wildman–Crippen MR) is 147 cm³/mol. The summed E-state index contributed by atoms with van der Waals surface area (Å²) >= 11 is 1.75. The van der Waals surface area contributed by atoms with Crippen molar-refractivity contribution < 1.29 is 14.2 Å². The number of ether oxygens (including phenoxy) is 3. The standard InChI is InChI=1S/C31H30N2O4S/c1-31-10-9-21-20-7-5-19(35-2)12-18(20)4-6-22(21)23(31)13-26-28(31)27-29(38-26)32-15-33(30(27)34)14-17-3-8-24-25(11-17)37-16-36-24/h3,5,7-8,11-12,15,21-23H,4,6,9-10,13-14,16H2,1-2H3/t21-,22-,23+,31+/m0/s1. The normalized spacial score (nSPS) is 26.5. The molecular formula is C31H30N2O4S. The van der Waals surface area contributed by atoms with Gasteiger partial charge in [0.1, 0.15) is 10.6 Å². The second-order valence-corrected chi connectivity index (χ2v) is 12.7. The summed E-state index contributed by atoms with van der Waals surface area (Å²) in [6.45, 7) is 3.15. The number of aromatic nitrogens is 2. The number of nitrogens with zero attached hydrogens (tertiary/aromatic N) is 2. The van der Waals surface area contributed by atoms with E-state index in [1.165, 1.54) is 34.4 Å². The highest BCUT2D eigenvalue weighted by atomic mass is 32.1. The number of rotatable bonds is 3. The lowest BCUT2D eigenvalue weighted by atomic mass is 9.55. The Morgan fingerprint density at radius 3 is 2.95 bits per heavy atom. The van der Waals surface area contributed by atoms with Crippen LogP contribution < -0.4 is 19.8 Å². The second kappa shape index (κ2) is 8.09. The number of aryl methyl sites for hydroxylation is 1. The van der Waals surface area contributed by atoms with Crippen molar-refractivity contribution in [2.75, 3.05) is 13.9 Å². The molecule has 0 radical (unpaired) electrons. The smallest absolute Gasteiger partial charge is 0.262 e. The van der Waals surface area contributed by atoms with Crippen LogP contribution in [0.2, 0.25) is 0 Å². The van der Waals surface area contributed by atoms with Gasteiger partial charge >= 0.3 is 0 Å². The van der Waals surface area contributed by atoms with Crippen LogP contribution in [-0.2, 0) is 24.8 Å². The fraction of sp³-hybridized carbons (Fsp3) is 0.419. The third-order valence-corrected chi connectivity index (χ3v) is 11.0. The topological polar surface area (TPSA) is 62.6 Å². The first-order chi connectivity index (χ1) is 18.5. The Bertz CT molecular complexity index is 1670. The Balaban J connectivity index is 1.16. The minimum atomic E-state index is 0.0253. The van der Waals surface area contributed by atoms with E-state index in [2.05, 4.69) is 25.1 Å². The van der Waals surface area contributed by atoms with Crippen molar-refractivity contribution in [3.8, 4) is 17.2 Å². The Morgan fingerprint density at radius 2 is 2.05 bits per heavy atom. The van der Waals surface area contributed by atoms with Crippen LogP contribution in [0.25, 0.3) is 10.2 Å². The third-order valence-electron chi connectivity index (χ3n) is 9.84. The number of hydrogen-bond donors (Lipinski definition) is 0. The number of fused-ring (bicyclic) bond motifs is 10. The molecule has 1 aliphatic heterocycles. The van der Waals surface area contributed by atoms with E-state index in [1.54, 1.807) is 29.3 Å². The van der Waals surface area contributed by atoms with Crippen molar-refractivity contribution in [2.24, 2.45) is 11.8 Å². The van der Waals surface area contributed by atoms with Crippen LogP contribution in [-0.4, -0.2) is 23.5 Å². The maximum Gasteiger partial charge on any atom is 0.262 e. The molecular weight excluding hydrogens is 496 g/mol. The monoisotopic (exact) mass is 526 g/mol. The van der Waals surface area contributed by atoms with Crippen molar-refractivity contribution in [3.63, 3.8) is 0 Å². The quantitative estimate of drug-likeness (QED) is 0.337. The van der Waals surface area contributed by atoms with Gasteiger partial charge in [0, 0.05) is 4.88 Å². The summed E-state index contributed by atoms with van der Waals surface area (Å²) in [6.07, 6.45) is 7.38. The predicted octanol–water partition coefficient (Wildman–Crippen LogP) is 5.81. The molecule has 38 heavy (non-hydrogen) atoms. The Kier molecular flexibility index (Phi) is 4.82. The zero-order chi connectivity index (χ0) is 25.6. The molecule has 0 bridgehead atoms. The van der Waals surface area contributed by atoms with Gasteiger partial charge in [0.05, 0.1) is 25.4 Å². The van der Waals surface area contributed by atoms with E-state index >= 15 is 0 Å².